The third-order valence-corrected chi connectivity index (χ3v) is 4.73. The number of esters is 1. The van der Waals surface area contributed by atoms with Gasteiger partial charge >= 0.3 is 5.97 Å². The maximum absolute atomic E-state index is 11.9. The first-order chi connectivity index (χ1) is 11.3. The number of amides is 1. The van der Waals surface area contributed by atoms with Gasteiger partial charge in [-0.3, -0.25) is 4.79 Å². The third-order valence-electron chi connectivity index (χ3n) is 2.87. The highest BCUT2D eigenvalue weighted by Gasteiger charge is 2.14. The van der Waals surface area contributed by atoms with Crippen LogP contribution < -0.4 is 10.5 Å². The Balaban J connectivity index is 1.97. The van der Waals surface area contributed by atoms with Crippen molar-refractivity contribution in [2.45, 2.75) is 4.90 Å². The Morgan fingerprint density at radius 3 is 2.50 bits per heavy atom. The molecule has 2 rings (SSSR count). The summed E-state index contributed by atoms with van der Waals surface area (Å²) in [6, 6.07) is 12.3. The lowest BCUT2D eigenvalue weighted by atomic mass is 10.2. The van der Waals surface area contributed by atoms with Crippen molar-refractivity contribution in [3.05, 3.63) is 57.7 Å². The summed E-state index contributed by atoms with van der Waals surface area (Å²) < 4.78 is 28.2. The molecule has 0 saturated heterocycles. The fourth-order valence-corrected chi connectivity index (χ4v) is 2.95. The Labute approximate surface area is 152 Å². The van der Waals surface area contributed by atoms with Crippen LogP contribution in [0.15, 0.2) is 53.4 Å². The number of hydrogen-bond donors (Lipinski definition) is 2. The van der Waals surface area contributed by atoms with E-state index in [-0.39, 0.29) is 10.6 Å². The fraction of sp³-hybridized carbons (Fsp3) is 0.0667. The van der Waals surface area contributed by atoms with Crippen LogP contribution in [0.4, 0.5) is 5.69 Å². The molecular formula is C15H13IN2O5S. The number of primary sulfonamides is 1. The van der Waals surface area contributed by atoms with Gasteiger partial charge in [0.1, 0.15) is 0 Å². The molecule has 0 atom stereocenters. The molecule has 0 aliphatic rings. The zero-order valence-electron chi connectivity index (χ0n) is 12.2. The number of nitrogens with two attached hydrogens (primary N) is 1. The van der Waals surface area contributed by atoms with Crippen LogP contribution in [-0.2, 0) is 19.6 Å². The molecule has 7 nitrogen and oxygen atoms in total. The van der Waals surface area contributed by atoms with Crippen molar-refractivity contribution < 1.29 is 22.7 Å². The molecule has 0 aliphatic carbocycles. The summed E-state index contributed by atoms with van der Waals surface area (Å²) in [7, 11) is -3.87. The van der Waals surface area contributed by atoms with E-state index >= 15 is 0 Å². The molecule has 0 fully saturated rings. The molecule has 9 heteroatoms. The van der Waals surface area contributed by atoms with Gasteiger partial charge in [-0.2, -0.15) is 0 Å². The number of benzene rings is 2. The summed E-state index contributed by atoms with van der Waals surface area (Å²) in [5, 5.41) is 7.46. The third kappa shape index (κ3) is 5.01. The van der Waals surface area contributed by atoms with Gasteiger partial charge in [-0.1, -0.05) is 18.2 Å². The zero-order chi connectivity index (χ0) is 17.7. The second kappa shape index (κ2) is 7.73. The maximum Gasteiger partial charge on any atom is 0.339 e. The molecule has 0 aromatic heterocycles. The highest BCUT2D eigenvalue weighted by atomic mass is 127. The molecule has 0 radical (unpaired) electrons. The summed E-state index contributed by atoms with van der Waals surface area (Å²) in [6.07, 6.45) is 0. The number of anilines is 1. The molecule has 0 saturated carbocycles. The molecule has 3 N–H and O–H groups in total. The van der Waals surface area contributed by atoms with E-state index in [4.69, 9.17) is 9.88 Å². The van der Waals surface area contributed by atoms with Crippen LogP contribution in [-0.4, -0.2) is 26.9 Å². The Morgan fingerprint density at radius 2 is 1.83 bits per heavy atom. The van der Waals surface area contributed by atoms with Crippen LogP contribution in [0, 0.1) is 3.57 Å². The van der Waals surface area contributed by atoms with Crippen molar-refractivity contribution in [2.24, 2.45) is 5.14 Å². The quantitative estimate of drug-likeness (QED) is 0.521. The predicted octanol–water partition coefficient (Wildman–Crippen LogP) is 1.73. The Bertz CT molecular complexity index is 883. The summed E-state index contributed by atoms with van der Waals surface area (Å²) in [5.41, 5.74) is 0.596. The van der Waals surface area contributed by atoms with Gasteiger partial charge in [0.05, 0.1) is 10.5 Å². The molecule has 126 valence electrons. The Hall–Kier alpha value is -1.98. The van der Waals surface area contributed by atoms with Crippen LogP contribution in [0.3, 0.4) is 0 Å². The van der Waals surface area contributed by atoms with Crippen LogP contribution in [0.25, 0.3) is 0 Å². The number of carbonyl (C=O) groups excluding carboxylic acids is 2. The van der Waals surface area contributed by atoms with Gasteiger partial charge in [-0.15, -0.1) is 0 Å². The highest BCUT2D eigenvalue weighted by Crippen LogP contribution is 2.15. The molecule has 0 aliphatic heterocycles. The maximum atomic E-state index is 11.9. The van der Waals surface area contributed by atoms with E-state index in [0.717, 1.165) is 0 Å². The van der Waals surface area contributed by atoms with E-state index in [1.807, 2.05) is 22.6 Å². The van der Waals surface area contributed by atoms with Crippen molar-refractivity contribution >= 4 is 50.2 Å². The van der Waals surface area contributed by atoms with Crippen molar-refractivity contribution in [2.75, 3.05) is 11.9 Å². The first-order valence-corrected chi connectivity index (χ1v) is 9.24. The highest BCUT2D eigenvalue weighted by molar-refractivity contribution is 14.1. The van der Waals surface area contributed by atoms with E-state index in [1.165, 1.54) is 24.3 Å². The van der Waals surface area contributed by atoms with Gasteiger partial charge in [0, 0.05) is 9.26 Å². The first-order valence-electron chi connectivity index (χ1n) is 6.62. The number of halogens is 1. The fourth-order valence-electron chi connectivity index (χ4n) is 1.78. The molecular weight excluding hydrogens is 447 g/mol. The monoisotopic (exact) mass is 460 g/mol. The summed E-state index contributed by atoms with van der Waals surface area (Å²) >= 11 is 1.99. The van der Waals surface area contributed by atoms with E-state index in [0.29, 0.717) is 9.13 Å². The second-order valence-electron chi connectivity index (χ2n) is 4.68. The van der Waals surface area contributed by atoms with Gasteiger partial charge in [0.2, 0.25) is 10.0 Å². The molecule has 0 bridgehead atoms. The predicted molar refractivity (Wildman–Crippen MR) is 95.9 cm³/mol. The molecule has 0 unspecified atom stereocenters. The lowest BCUT2D eigenvalue weighted by molar-refractivity contribution is -0.119. The minimum absolute atomic E-state index is 0.129. The Kier molecular flexibility index (Phi) is 5.91. The smallest absolute Gasteiger partial charge is 0.339 e. The standard InChI is InChI=1S/C15H13IN2O5S/c16-13-7-2-1-6-12(13)15(20)23-9-14(19)18-10-4-3-5-11(8-10)24(17,21)22/h1-8H,9H2,(H,18,19)(H2,17,21,22). The van der Waals surface area contributed by atoms with Gasteiger partial charge < -0.3 is 10.1 Å². The minimum Gasteiger partial charge on any atom is -0.452 e. The van der Waals surface area contributed by atoms with Crippen molar-refractivity contribution in [1.82, 2.24) is 0 Å². The summed E-state index contributed by atoms with van der Waals surface area (Å²) in [4.78, 5) is 23.6. The number of carbonyl (C=O) groups is 2. The first kappa shape index (κ1) is 18.4. The van der Waals surface area contributed by atoms with Crippen molar-refractivity contribution in [3.8, 4) is 0 Å². The van der Waals surface area contributed by atoms with Crippen LogP contribution in [0.2, 0.25) is 0 Å². The number of sulfonamides is 1. The van der Waals surface area contributed by atoms with Crippen molar-refractivity contribution in [3.63, 3.8) is 0 Å². The lowest BCUT2D eigenvalue weighted by Crippen LogP contribution is -2.21. The van der Waals surface area contributed by atoms with Gasteiger partial charge in [0.15, 0.2) is 6.61 Å². The van der Waals surface area contributed by atoms with Gasteiger partial charge in [-0.25, -0.2) is 18.4 Å². The van der Waals surface area contributed by atoms with E-state index < -0.39 is 28.5 Å². The van der Waals surface area contributed by atoms with E-state index in [2.05, 4.69) is 5.32 Å². The number of rotatable bonds is 5. The van der Waals surface area contributed by atoms with E-state index in [1.54, 1.807) is 24.3 Å². The number of hydrogen-bond acceptors (Lipinski definition) is 5. The number of ether oxygens (including phenoxy) is 1. The average molecular weight is 460 g/mol. The number of nitrogens with one attached hydrogen (secondary N) is 1. The Morgan fingerprint density at radius 1 is 1.12 bits per heavy atom. The topological polar surface area (TPSA) is 116 Å². The van der Waals surface area contributed by atoms with Crippen LogP contribution in [0.5, 0.6) is 0 Å². The molecule has 0 spiro atoms. The summed E-state index contributed by atoms with van der Waals surface area (Å²) in [6.45, 7) is -0.497. The second-order valence-corrected chi connectivity index (χ2v) is 7.40. The van der Waals surface area contributed by atoms with Gasteiger partial charge in [0.25, 0.3) is 5.91 Å². The average Bonchev–Trinajstić information content (AvgIpc) is 2.52. The lowest BCUT2D eigenvalue weighted by Gasteiger charge is -2.08. The molecule has 2 aromatic rings. The minimum atomic E-state index is -3.87. The van der Waals surface area contributed by atoms with Gasteiger partial charge in [-0.05, 0) is 52.9 Å². The molecule has 24 heavy (non-hydrogen) atoms. The molecule has 2 aromatic carbocycles. The zero-order valence-corrected chi connectivity index (χ0v) is 15.2. The SMILES string of the molecule is NS(=O)(=O)c1cccc(NC(=O)COC(=O)c2ccccc2I)c1. The van der Waals surface area contributed by atoms with Crippen LogP contribution >= 0.6 is 22.6 Å². The van der Waals surface area contributed by atoms with Crippen LogP contribution in [0.1, 0.15) is 10.4 Å². The normalized spacial score (nSPS) is 10.9. The summed E-state index contributed by atoms with van der Waals surface area (Å²) in [5.74, 6) is -1.21. The van der Waals surface area contributed by atoms with E-state index in [9.17, 15) is 18.0 Å². The molecule has 1 amide bonds. The molecule has 0 heterocycles. The van der Waals surface area contributed by atoms with Crippen molar-refractivity contribution in [1.29, 1.82) is 0 Å². The largest absolute Gasteiger partial charge is 0.452 e.